The third-order valence-corrected chi connectivity index (χ3v) is 7.29. The van der Waals surface area contributed by atoms with Gasteiger partial charge in [-0.2, -0.15) is 4.76 Å². The lowest BCUT2D eigenvalue weighted by Gasteiger charge is -2.29. The Balaban J connectivity index is 3.66. The topological polar surface area (TPSA) is 186 Å². The minimum absolute atomic E-state index is 0.0195. The fourth-order valence-electron chi connectivity index (χ4n) is 3.62. The summed E-state index contributed by atoms with van der Waals surface area (Å²) < 4.78 is 49.8. The molecule has 0 heterocycles. The first kappa shape index (κ1) is 37.7. The first-order chi connectivity index (χ1) is 20.2. The van der Waals surface area contributed by atoms with E-state index in [1.54, 1.807) is 77.8 Å². The number of carbonyl (C=O) groups excluding carboxylic acids is 2. The van der Waals surface area contributed by atoms with Gasteiger partial charge in [0.05, 0.1) is 13.2 Å². The maximum absolute atomic E-state index is 14.3. The van der Waals surface area contributed by atoms with Gasteiger partial charge in [-0.15, -0.1) is 0 Å². The molecule has 3 N–H and O–H groups in total. The molecule has 14 nitrogen and oxygen atoms in total. The zero-order valence-corrected chi connectivity index (χ0v) is 27.1. The minimum atomic E-state index is -4.76. The van der Waals surface area contributed by atoms with Crippen molar-refractivity contribution in [2.75, 3.05) is 25.2 Å². The Bertz CT molecular complexity index is 1090. The molecule has 3 atom stereocenters. The van der Waals surface area contributed by atoms with Crippen molar-refractivity contribution in [2.45, 2.75) is 86.4 Å². The Morgan fingerprint density at radius 1 is 0.930 bits per heavy atom. The number of rotatable bonds is 18. The van der Waals surface area contributed by atoms with Crippen molar-refractivity contribution < 1.29 is 52.1 Å². The van der Waals surface area contributed by atoms with Crippen LogP contribution in [0.1, 0.15) is 73.3 Å². The molecule has 244 valence electrons. The van der Waals surface area contributed by atoms with Crippen LogP contribution in [0.4, 0.5) is 15.3 Å². The summed E-state index contributed by atoms with van der Waals surface area (Å²) in [5.74, 6) is -2.47. The number of hydrogen-bond acceptors (Lipinski definition) is 11. The molecule has 0 aliphatic carbocycles. The van der Waals surface area contributed by atoms with E-state index in [0.29, 0.717) is 18.5 Å². The van der Waals surface area contributed by atoms with Crippen LogP contribution in [0.25, 0.3) is 0 Å². The predicted octanol–water partition coefficient (Wildman–Crippen LogP) is 5.92. The molecule has 0 saturated heterocycles. The van der Waals surface area contributed by atoms with Gasteiger partial charge in [-0.05, 0) is 32.4 Å². The van der Waals surface area contributed by atoms with E-state index in [1.807, 2.05) is 6.92 Å². The van der Waals surface area contributed by atoms with Crippen molar-refractivity contribution in [1.82, 2.24) is 0 Å². The molecule has 0 aromatic heterocycles. The summed E-state index contributed by atoms with van der Waals surface area (Å²) in [4.78, 5) is 37.8. The number of nitrogens with two attached hydrogens (primary N) is 1. The highest BCUT2D eigenvalue weighted by Gasteiger charge is 2.39. The molecular formula is C28H46N3O11P. The summed E-state index contributed by atoms with van der Waals surface area (Å²) >= 11 is 0. The van der Waals surface area contributed by atoms with Crippen LogP contribution in [0.3, 0.4) is 0 Å². The van der Waals surface area contributed by atoms with Crippen molar-refractivity contribution in [2.24, 2.45) is 22.3 Å². The van der Waals surface area contributed by atoms with Gasteiger partial charge in [-0.25, -0.2) is 28.0 Å². The molecule has 0 radical (unpaired) electrons. The number of aliphatic carboxylic acids is 1. The first-order valence-corrected chi connectivity index (χ1v) is 15.7. The Morgan fingerprint density at radius 3 is 1.84 bits per heavy atom. The molecule has 0 bridgehead atoms. The smallest absolute Gasteiger partial charge is 0.480 e. The molecule has 0 aliphatic heterocycles. The van der Waals surface area contributed by atoms with E-state index in [4.69, 9.17) is 33.7 Å². The van der Waals surface area contributed by atoms with E-state index in [0.717, 1.165) is 6.42 Å². The van der Waals surface area contributed by atoms with Gasteiger partial charge < -0.3 is 34.7 Å². The molecular weight excluding hydrogens is 585 g/mol. The van der Waals surface area contributed by atoms with E-state index >= 15 is 0 Å². The highest BCUT2D eigenvalue weighted by Crippen LogP contribution is 2.54. The normalized spacial score (nSPS) is 15.3. The van der Waals surface area contributed by atoms with Crippen molar-refractivity contribution in [3.8, 4) is 0 Å². The summed E-state index contributed by atoms with van der Waals surface area (Å²) in [5, 5.41) is 9.88. The number of benzene rings is 1. The van der Waals surface area contributed by atoms with Crippen molar-refractivity contribution >= 4 is 37.5 Å². The van der Waals surface area contributed by atoms with Crippen LogP contribution in [-0.4, -0.2) is 68.1 Å². The van der Waals surface area contributed by atoms with Gasteiger partial charge in [0.25, 0.3) is 0 Å². The maximum Gasteiger partial charge on any atom is 0.510 e. The average Bonchev–Trinajstić information content (AvgIpc) is 2.92. The van der Waals surface area contributed by atoms with E-state index in [1.165, 1.54) is 0 Å². The van der Waals surface area contributed by atoms with E-state index in [9.17, 15) is 24.1 Å². The van der Waals surface area contributed by atoms with Crippen LogP contribution in [-0.2, 0) is 37.4 Å². The number of amidine groups is 1. The Morgan fingerprint density at radius 2 is 1.42 bits per heavy atom. The quantitative estimate of drug-likeness (QED) is 0.0639. The van der Waals surface area contributed by atoms with Gasteiger partial charge in [-0.3, -0.25) is 0 Å². The molecule has 43 heavy (non-hydrogen) atoms. The number of carboxylic acids is 1. The summed E-state index contributed by atoms with van der Waals surface area (Å²) in [7, 11) is -3.15. The van der Waals surface area contributed by atoms with Crippen LogP contribution in [0.2, 0.25) is 0 Å². The van der Waals surface area contributed by atoms with E-state index in [-0.39, 0.29) is 24.6 Å². The van der Waals surface area contributed by atoms with Crippen LogP contribution < -0.4 is 10.6 Å². The van der Waals surface area contributed by atoms with Crippen molar-refractivity contribution in [3.63, 3.8) is 0 Å². The largest absolute Gasteiger partial charge is 0.510 e. The molecule has 0 saturated carbocycles. The molecule has 1 aromatic rings. The van der Waals surface area contributed by atoms with Gasteiger partial charge in [0.2, 0.25) is 12.6 Å². The monoisotopic (exact) mass is 631 g/mol. The molecule has 1 aromatic carbocycles. The number of ether oxygens (including phenoxy) is 4. The predicted molar refractivity (Wildman–Crippen MR) is 160 cm³/mol. The molecule has 0 spiro atoms. The molecule has 0 aliphatic rings. The van der Waals surface area contributed by atoms with Crippen molar-refractivity contribution in [1.29, 1.82) is 0 Å². The lowest BCUT2D eigenvalue weighted by Crippen LogP contribution is -2.39. The van der Waals surface area contributed by atoms with Crippen LogP contribution >= 0.6 is 7.75 Å². The molecule has 3 unspecified atom stereocenters. The summed E-state index contributed by atoms with van der Waals surface area (Å²) in [6.07, 6.45) is -3.24. The zero-order valence-electron chi connectivity index (χ0n) is 26.2. The number of unbranched alkanes of at least 4 members (excludes halogenated alkanes) is 1. The minimum Gasteiger partial charge on any atom is -0.480 e. The first-order valence-electron chi connectivity index (χ1n) is 14.2. The summed E-state index contributed by atoms with van der Waals surface area (Å²) in [6.45, 7) is 11.7. The maximum atomic E-state index is 14.3. The number of likely N-dealkylation sites (N-methyl/N-ethyl adjacent to an activating group) is 1. The van der Waals surface area contributed by atoms with Crippen LogP contribution in [0.15, 0.2) is 29.0 Å². The fraction of sp³-hybridized carbons (Fsp3) is 0.643. The summed E-state index contributed by atoms with van der Waals surface area (Å²) in [5.41, 5.74) is 7.01. The standard InChI is InChI=1S/C28H46N3O11P/c1-9-12-16-22(24(32)33)31(8)21-17-14-13-15-20(21)23(29)30-43(36,41-25(18(4)5)39-27(34)37-10-2)42-26(19(6)7)40-28(35)38-11-3/h13-15,17-19,22,25-26H,9-12,16H2,1-8H3,(H,32,33)(H2,29,30,36). The Labute approximate surface area is 253 Å². The zero-order chi connectivity index (χ0) is 32.7. The van der Waals surface area contributed by atoms with Gasteiger partial charge in [0, 0.05) is 30.1 Å². The van der Waals surface area contributed by atoms with Crippen LogP contribution in [0.5, 0.6) is 0 Å². The third kappa shape index (κ3) is 12.4. The Kier molecular flexibility index (Phi) is 16.1. The van der Waals surface area contributed by atoms with Gasteiger partial charge in [0.1, 0.15) is 11.9 Å². The fourth-order valence-corrected chi connectivity index (χ4v) is 5.23. The van der Waals surface area contributed by atoms with Crippen LogP contribution in [0, 0.1) is 11.8 Å². The molecule has 1 rings (SSSR count). The Hall–Kier alpha value is -3.35. The van der Waals surface area contributed by atoms with E-state index in [2.05, 4.69) is 4.76 Å². The second kappa shape index (κ2) is 18.3. The number of carboxylic acid groups (broad SMARTS) is 1. The number of anilines is 1. The average molecular weight is 632 g/mol. The third-order valence-electron chi connectivity index (χ3n) is 5.89. The second-order valence-corrected chi connectivity index (χ2v) is 11.7. The van der Waals surface area contributed by atoms with E-state index < -0.39 is 56.5 Å². The molecule has 0 amide bonds. The highest BCUT2D eigenvalue weighted by atomic mass is 31.2. The van der Waals surface area contributed by atoms with Gasteiger partial charge in [-0.1, -0.05) is 59.6 Å². The number of hydrogen-bond donors (Lipinski definition) is 2. The SMILES string of the molecule is CCCCC(C(=O)O)N(C)c1ccccc1C(N)=NP(=O)(OC(OC(=O)OCC)C(C)C)OC(OC(=O)OCC)C(C)C. The summed E-state index contributed by atoms with van der Waals surface area (Å²) in [6, 6.07) is 5.68. The lowest BCUT2D eigenvalue weighted by molar-refractivity contribution is -0.138. The van der Waals surface area contributed by atoms with Crippen molar-refractivity contribution in [3.05, 3.63) is 29.8 Å². The van der Waals surface area contributed by atoms with Gasteiger partial charge >= 0.3 is 26.0 Å². The number of nitrogens with zero attached hydrogens (tertiary/aromatic N) is 2. The number of para-hydroxylation sites is 1. The molecule has 15 heteroatoms. The highest BCUT2D eigenvalue weighted by molar-refractivity contribution is 7.52. The second-order valence-electron chi connectivity index (χ2n) is 10.1. The van der Waals surface area contributed by atoms with Gasteiger partial charge in [0.15, 0.2) is 0 Å². The lowest BCUT2D eigenvalue weighted by atomic mass is 10.1. The molecule has 0 fully saturated rings. The number of carbonyl (C=O) groups is 3.